The molecule has 0 N–H and O–H groups in total. The highest BCUT2D eigenvalue weighted by Crippen LogP contribution is 2.16. The van der Waals surface area contributed by atoms with Crippen LogP contribution in [0.2, 0.25) is 0 Å². The Hall–Kier alpha value is -1.29. The van der Waals surface area contributed by atoms with Crippen LogP contribution < -0.4 is 0 Å². The van der Waals surface area contributed by atoms with Gasteiger partial charge in [0, 0.05) is 18.0 Å². The van der Waals surface area contributed by atoms with Crippen molar-refractivity contribution < 1.29 is 0 Å². The first-order valence-corrected chi connectivity index (χ1v) is 6.01. The van der Waals surface area contributed by atoms with Crippen LogP contribution in [0.5, 0.6) is 0 Å². The minimum atomic E-state index is 0.826. The molecule has 16 heavy (non-hydrogen) atoms. The third kappa shape index (κ3) is 2.64. The molecule has 0 saturated heterocycles. The van der Waals surface area contributed by atoms with Gasteiger partial charge < -0.3 is 0 Å². The van der Waals surface area contributed by atoms with Gasteiger partial charge in [-0.15, -0.1) is 0 Å². The molecule has 2 rings (SSSR count). The lowest BCUT2D eigenvalue weighted by atomic mass is 10.2. The molecule has 4 heteroatoms. The van der Waals surface area contributed by atoms with Crippen LogP contribution in [0.25, 0.3) is 11.3 Å². The monoisotopic (exact) mass is 277 g/mol. The van der Waals surface area contributed by atoms with Crippen LogP contribution in [0.4, 0.5) is 0 Å². The highest BCUT2D eigenvalue weighted by atomic mass is 79.9. The van der Waals surface area contributed by atoms with Crippen LogP contribution in [0.3, 0.4) is 0 Å². The number of hydrogen-bond donors (Lipinski definition) is 0. The number of pyridine rings is 1. The lowest BCUT2D eigenvalue weighted by molar-refractivity contribution is 0.871. The van der Waals surface area contributed by atoms with E-state index in [2.05, 4.69) is 37.8 Å². The van der Waals surface area contributed by atoms with E-state index in [-0.39, 0.29) is 0 Å². The van der Waals surface area contributed by atoms with Gasteiger partial charge in [0.15, 0.2) is 0 Å². The van der Waals surface area contributed by atoms with Gasteiger partial charge in [-0.1, -0.05) is 13.3 Å². The molecule has 0 unspecified atom stereocenters. The van der Waals surface area contributed by atoms with Crippen LogP contribution in [0, 0.1) is 0 Å². The summed E-state index contributed by atoms with van der Waals surface area (Å²) in [6, 6.07) is 3.87. The number of nitrogens with zero attached hydrogens (tertiary/aromatic N) is 3. The van der Waals surface area contributed by atoms with Gasteiger partial charge in [-0.3, -0.25) is 9.97 Å². The van der Waals surface area contributed by atoms with Crippen molar-refractivity contribution in [3.8, 4) is 11.3 Å². The van der Waals surface area contributed by atoms with Gasteiger partial charge in [-0.2, -0.15) is 0 Å². The SMILES string of the molecule is CCCc1cnc(-c2ccc(Br)nc2)cn1. The Kier molecular flexibility index (Phi) is 3.62. The van der Waals surface area contributed by atoms with E-state index in [0.29, 0.717) is 0 Å². The Morgan fingerprint density at radius 2 is 1.94 bits per heavy atom. The maximum Gasteiger partial charge on any atom is 0.106 e. The molecule has 2 aromatic heterocycles. The minimum Gasteiger partial charge on any atom is -0.257 e. The van der Waals surface area contributed by atoms with E-state index in [1.165, 1.54) is 0 Å². The fourth-order valence-corrected chi connectivity index (χ4v) is 1.65. The molecule has 2 heterocycles. The first-order valence-electron chi connectivity index (χ1n) is 5.22. The molecule has 0 bridgehead atoms. The number of aryl methyl sites for hydroxylation is 1. The summed E-state index contributed by atoms with van der Waals surface area (Å²) in [5.41, 5.74) is 2.88. The smallest absolute Gasteiger partial charge is 0.106 e. The van der Waals surface area contributed by atoms with E-state index in [9.17, 15) is 0 Å². The number of hydrogen-bond acceptors (Lipinski definition) is 3. The molecule has 0 amide bonds. The zero-order valence-corrected chi connectivity index (χ0v) is 10.6. The van der Waals surface area contributed by atoms with Crippen molar-refractivity contribution in [3.05, 3.63) is 41.0 Å². The average molecular weight is 278 g/mol. The molecule has 0 saturated carbocycles. The van der Waals surface area contributed by atoms with Gasteiger partial charge >= 0.3 is 0 Å². The average Bonchev–Trinajstić information content (AvgIpc) is 2.32. The molecule has 0 aromatic carbocycles. The van der Waals surface area contributed by atoms with Crippen molar-refractivity contribution in [1.29, 1.82) is 0 Å². The molecular formula is C12H12BrN3. The molecule has 0 aliphatic heterocycles. The normalized spacial score (nSPS) is 10.4. The molecular weight excluding hydrogens is 266 g/mol. The second kappa shape index (κ2) is 5.16. The maximum absolute atomic E-state index is 4.38. The molecule has 82 valence electrons. The van der Waals surface area contributed by atoms with E-state index < -0.39 is 0 Å². The predicted molar refractivity (Wildman–Crippen MR) is 67.0 cm³/mol. The Labute approximate surface area is 103 Å². The molecule has 2 aromatic rings. The van der Waals surface area contributed by atoms with E-state index in [0.717, 1.165) is 34.4 Å². The summed E-state index contributed by atoms with van der Waals surface area (Å²) in [6.45, 7) is 2.13. The minimum absolute atomic E-state index is 0.826. The van der Waals surface area contributed by atoms with Gasteiger partial charge in [-0.25, -0.2) is 4.98 Å². The fourth-order valence-electron chi connectivity index (χ4n) is 1.42. The van der Waals surface area contributed by atoms with E-state index in [1.54, 1.807) is 12.4 Å². The molecule has 0 radical (unpaired) electrons. The Morgan fingerprint density at radius 3 is 2.50 bits per heavy atom. The second-order valence-electron chi connectivity index (χ2n) is 3.51. The van der Waals surface area contributed by atoms with Crippen LogP contribution >= 0.6 is 15.9 Å². The van der Waals surface area contributed by atoms with Crippen molar-refractivity contribution in [3.63, 3.8) is 0 Å². The Balaban J connectivity index is 2.24. The van der Waals surface area contributed by atoms with E-state index in [4.69, 9.17) is 0 Å². The topological polar surface area (TPSA) is 38.7 Å². The summed E-state index contributed by atoms with van der Waals surface area (Å²) in [5, 5.41) is 0. The number of halogens is 1. The van der Waals surface area contributed by atoms with Gasteiger partial charge in [-0.05, 0) is 34.5 Å². The summed E-state index contributed by atoms with van der Waals surface area (Å²) >= 11 is 3.30. The van der Waals surface area contributed by atoms with Crippen molar-refractivity contribution in [2.45, 2.75) is 19.8 Å². The lowest BCUT2D eigenvalue weighted by Crippen LogP contribution is -1.92. The third-order valence-electron chi connectivity index (χ3n) is 2.23. The first-order chi connectivity index (χ1) is 7.79. The molecule has 3 nitrogen and oxygen atoms in total. The van der Waals surface area contributed by atoms with Crippen molar-refractivity contribution in [2.24, 2.45) is 0 Å². The van der Waals surface area contributed by atoms with Crippen LogP contribution in [0.1, 0.15) is 19.0 Å². The predicted octanol–water partition coefficient (Wildman–Crippen LogP) is 3.25. The summed E-state index contributed by atoms with van der Waals surface area (Å²) in [5.74, 6) is 0. The highest BCUT2D eigenvalue weighted by molar-refractivity contribution is 9.10. The zero-order valence-electron chi connectivity index (χ0n) is 9.02. The van der Waals surface area contributed by atoms with Crippen molar-refractivity contribution >= 4 is 15.9 Å². The fraction of sp³-hybridized carbons (Fsp3) is 0.250. The van der Waals surface area contributed by atoms with Gasteiger partial charge in [0.2, 0.25) is 0 Å². The van der Waals surface area contributed by atoms with Crippen LogP contribution in [-0.2, 0) is 6.42 Å². The van der Waals surface area contributed by atoms with Gasteiger partial charge in [0.1, 0.15) is 4.60 Å². The first kappa shape index (κ1) is 11.2. The molecule has 0 atom stereocenters. The zero-order chi connectivity index (χ0) is 11.4. The molecule has 0 aliphatic carbocycles. The summed E-state index contributed by atoms with van der Waals surface area (Å²) in [6.07, 6.45) is 7.49. The Morgan fingerprint density at radius 1 is 1.06 bits per heavy atom. The van der Waals surface area contributed by atoms with E-state index >= 15 is 0 Å². The van der Waals surface area contributed by atoms with Crippen molar-refractivity contribution in [1.82, 2.24) is 15.0 Å². The lowest BCUT2D eigenvalue weighted by Gasteiger charge is -2.01. The standard InChI is InChI=1S/C12H12BrN3/c1-2-3-10-7-15-11(8-14-10)9-4-5-12(13)16-6-9/h4-8H,2-3H2,1H3. The van der Waals surface area contributed by atoms with Crippen LogP contribution in [0.15, 0.2) is 35.3 Å². The van der Waals surface area contributed by atoms with Gasteiger partial charge in [0.05, 0.1) is 17.6 Å². The van der Waals surface area contributed by atoms with Crippen molar-refractivity contribution in [2.75, 3.05) is 0 Å². The summed E-state index contributed by atoms with van der Waals surface area (Å²) in [7, 11) is 0. The maximum atomic E-state index is 4.38. The summed E-state index contributed by atoms with van der Waals surface area (Å²) in [4.78, 5) is 12.9. The van der Waals surface area contributed by atoms with Gasteiger partial charge in [0.25, 0.3) is 0 Å². The van der Waals surface area contributed by atoms with Crippen LogP contribution in [-0.4, -0.2) is 15.0 Å². The number of rotatable bonds is 3. The quantitative estimate of drug-likeness (QED) is 0.809. The highest BCUT2D eigenvalue weighted by Gasteiger charge is 2.01. The molecule has 0 aliphatic rings. The molecule has 0 spiro atoms. The Bertz CT molecular complexity index is 451. The van der Waals surface area contributed by atoms with E-state index in [1.807, 2.05) is 18.3 Å². The third-order valence-corrected chi connectivity index (χ3v) is 2.70. The second-order valence-corrected chi connectivity index (χ2v) is 4.33. The summed E-state index contributed by atoms with van der Waals surface area (Å²) < 4.78 is 0.826. The largest absolute Gasteiger partial charge is 0.257 e. The molecule has 0 fully saturated rings. The number of aromatic nitrogens is 3.